The first-order chi connectivity index (χ1) is 17.1. The third-order valence-electron chi connectivity index (χ3n) is 7.94. The van der Waals surface area contributed by atoms with Crippen LogP contribution in [0.25, 0.3) is 0 Å². The zero-order chi connectivity index (χ0) is 26.4. The summed E-state index contributed by atoms with van der Waals surface area (Å²) in [5.74, 6) is -1.66. The molecule has 3 amide bonds. The molecule has 36 heavy (non-hydrogen) atoms. The Morgan fingerprint density at radius 2 is 1.89 bits per heavy atom. The molecule has 1 spiro atoms. The molecule has 2 bridgehead atoms. The van der Waals surface area contributed by atoms with Crippen LogP contribution in [0.2, 0.25) is 5.02 Å². The number of hydrogen-bond donors (Lipinski definition) is 1. The van der Waals surface area contributed by atoms with E-state index in [1.807, 2.05) is 0 Å². The number of anilines is 1. The van der Waals surface area contributed by atoms with E-state index in [2.05, 4.69) is 20.1 Å². The van der Waals surface area contributed by atoms with Gasteiger partial charge in [0.05, 0.1) is 29.2 Å². The maximum atomic E-state index is 14.4. The molecule has 1 N–H and O–H groups in total. The number of fused-ring (bicyclic) bond motifs is 1. The van der Waals surface area contributed by atoms with Gasteiger partial charge in [-0.3, -0.25) is 14.4 Å². The Kier molecular flexibility index (Phi) is 7.60. The van der Waals surface area contributed by atoms with E-state index < -0.39 is 28.7 Å². The number of aliphatic hydroxyl groups excluding tert-OH is 1. The average Bonchev–Trinajstić information content (AvgIpc) is 3.45. The number of thioether (sulfide) groups is 1. The van der Waals surface area contributed by atoms with E-state index in [-0.39, 0.29) is 42.0 Å². The Hall–Kier alpha value is -2.29. The molecule has 0 saturated carbocycles. The van der Waals surface area contributed by atoms with Crippen LogP contribution in [0.5, 0.6) is 0 Å². The molecule has 194 valence electrons. The fourth-order valence-electron chi connectivity index (χ4n) is 6.34. The van der Waals surface area contributed by atoms with Gasteiger partial charge in [-0.05, 0) is 43.5 Å². The number of carbonyl (C=O) groups excluding carboxylic acids is 3. The first kappa shape index (κ1) is 26.8. The molecule has 7 nitrogen and oxygen atoms in total. The second kappa shape index (κ2) is 10.2. The summed E-state index contributed by atoms with van der Waals surface area (Å²) in [4.78, 5) is 46.9. The zero-order valence-corrected chi connectivity index (χ0v) is 22.5. The van der Waals surface area contributed by atoms with Crippen LogP contribution in [0.4, 0.5) is 5.69 Å². The summed E-state index contributed by atoms with van der Waals surface area (Å²) < 4.78 is -0.760. The molecule has 3 heterocycles. The Morgan fingerprint density at radius 1 is 1.25 bits per heavy atom. The topological polar surface area (TPSA) is 81.2 Å². The Labute approximate surface area is 222 Å². The van der Waals surface area contributed by atoms with E-state index >= 15 is 0 Å². The van der Waals surface area contributed by atoms with Crippen molar-refractivity contribution in [1.29, 1.82) is 0 Å². The van der Waals surface area contributed by atoms with E-state index in [9.17, 15) is 19.5 Å². The van der Waals surface area contributed by atoms with Crippen molar-refractivity contribution < 1.29 is 19.5 Å². The van der Waals surface area contributed by atoms with Crippen LogP contribution in [-0.2, 0) is 14.4 Å². The Bertz CT molecular complexity index is 1070. The standard InChI is InChI=1S/C27H34ClN3O4S/c1-6-12-29(5)24(33)21-20-14-16(3)27(36-20)22(21)25(34)31(17(4)15-32)23(27)26(35)30(13-7-2)19-10-8-18(28)9-11-19/h6-11,16-17,20-23,32H,1-2,12-15H2,3-5H3/t16?,17-,20-,21+,22+,23?,27?/m1/s1. The van der Waals surface area contributed by atoms with Gasteiger partial charge in [-0.15, -0.1) is 24.9 Å². The van der Waals surface area contributed by atoms with Crippen LogP contribution in [0.1, 0.15) is 20.3 Å². The van der Waals surface area contributed by atoms with Crippen LogP contribution >= 0.6 is 23.4 Å². The van der Waals surface area contributed by atoms with E-state index in [1.165, 1.54) is 0 Å². The highest BCUT2D eigenvalue weighted by molar-refractivity contribution is 8.02. The monoisotopic (exact) mass is 531 g/mol. The molecule has 4 rings (SSSR count). The summed E-state index contributed by atoms with van der Waals surface area (Å²) in [6.07, 6.45) is 4.07. The molecule has 3 aliphatic heterocycles. The number of nitrogens with zero attached hydrogens (tertiary/aromatic N) is 3. The number of hydrogen-bond acceptors (Lipinski definition) is 5. The molecule has 3 saturated heterocycles. The lowest BCUT2D eigenvalue weighted by Gasteiger charge is -2.41. The van der Waals surface area contributed by atoms with E-state index in [0.29, 0.717) is 17.3 Å². The number of likely N-dealkylation sites (tertiary alicyclic amines) is 1. The van der Waals surface area contributed by atoms with Crippen LogP contribution < -0.4 is 4.90 Å². The quantitative estimate of drug-likeness (QED) is 0.495. The van der Waals surface area contributed by atoms with Gasteiger partial charge in [0.2, 0.25) is 11.8 Å². The Balaban J connectivity index is 1.82. The lowest BCUT2D eigenvalue weighted by atomic mass is 9.65. The number of aliphatic hydroxyl groups is 1. The van der Waals surface area contributed by atoms with Crippen molar-refractivity contribution >= 4 is 46.8 Å². The molecular formula is C27H34ClN3O4S. The number of benzene rings is 1. The molecule has 3 fully saturated rings. The van der Waals surface area contributed by atoms with E-state index in [0.717, 1.165) is 6.42 Å². The minimum Gasteiger partial charge on any atom is -0.394 e. The maximum absolute atomic E-state index is 14.4. The molecule has 0 aromatic heterocycles. The van der Waals surface area contributed by atoms with Crippen LogP contribution in [0.3, 0.4) is 0 Å². The predicted molar refractivity (Wildman–Crippen MR) is 144 cm³/mol. The summed E-state index contributed by atoms with van der Waals surface area (Å²) in [6.45, 7) is 11.8. The molecule has 0 radical (unpaired) electrons. The lowest BCUT2D eigenvalue weighted by Crippen LogP contribution is -2.59. The van der Waals surface area contributed by atoms with Gasteiger partial charge in [0, 0.05) is 36.1 Å². The molecule has 1 aromatic carbocycles. The summed E-state index contributed by atoms with van der Waals surface area (Å²) in [5, 5.41) is 10.6. The third-order valence-corrected chi connectivity index (χ3v) is 10.3. The Morgan fingerprint density at radius 3 is 2.47 bits per heavy atom. The number of halogens is 1. The summed E-state index contributed by atoms with van der Waals surface area (Å²) in [5.41, 5.74) is 0.650. The van der Waals surface area contributed by atoms with Crippen LogP contribution in [-0.4, -0.2) is 81.5 Å². The normalized spacial score (nSPS) is 31.2. The van der Waals surface area contributed by atoms with Crippen molar-refractivity contribution in [2.24, 2.45) is 17.8 Å². The smallest absolute Gasteiger partial charge is 0.251 e. The summed E-state index contributed by atoms with van der Waals surface area (Å²) in [6, 6.07) is 5.59. The van der Waals surface area contributed by atoms with Crippen molar-refractivity contribution in [3.63, 3.8) is 0 Å². The van der Waals surface area contributed by atoms with Crippen LogP contribution in [0.15, 0.2) is 49.6 Å². The SMILES string of the molecule is C=CCN(C)C(=O)[C@@H]1[C@H]2C(=O)N([C@H](C)CO)C(C(=O)N(CC=C)c3ccc(Cl)cc3)C23S[C@@H]1CC3C. The summed E-state index contributed by atoms with van der Waals surface area (Å²) >= 11 is 7.71. The van der Waals surface area contributed by atoms with Crippen LogP contribution in [0, 0.1) is 17.8 Å². The minimum atomic E-state index is -0.819. The van der Waals surface area contributed by atoms with Gasteiger partial charge in [0.1, 0.15) is 6.04 Å². The molecule has 3 unspecified atom stereocenters. The largest absolute Gasteiger partial charge is 0.394 e. The van der Waals surface area contributed by atoms with Gasteiger partial charge in [-0.1, -0.05) is 30.7 Å². The molecule has 7 atom stereocenters. The maximum Gasteiger partial charge on any atom is 0.251 e. The third kappa shape index (κ3) is 3.98. The minimum absolute atomic E-state index is 0.0378. The number of amides is 3. The average molecular weight is 532 g/mol. The molecule has 0 aliphatic carbocycles. The van der Waals surface area contributed by atoms with Gasteiger partial charge in [0.25, 0.3) is 5.91 Å². The van der Waals surface area contributed by atoms with E-state index in [1.54, 1.807) is 76.9 Å². The first-order valence-corrected chi connectivity index (χ1v) is 13.5. The van der Waals surface area contributed by atoms with Gasteiger partial charge in [-0.2, -0.15) is 0 Å². The van der Waals surface area contributed by atoms with Gasteiger partial charge >= 0.3 is 0 Å². The molecular weight excluding hydrogens is 498 g/mol. The van der Waals surface area contributed by atoms with Crippen molar-refractivity contribution in [1.82, 2.24) is 9.80 Å². The lowest BCUT2D eigenvalue weighted by molar-refractivity contribution is -0.144. The van der Waals surface area contributed by atoms with Gasteiger partial charge in [-0.25, -0.2) is 0 Å². The number of carbonyl (C=O) groups is 3. The highest BCUT2D eigenvalue weighted by Crippen LogP contribution is 2.69. The zero-order valence-electron chi connectivity index (χ0n) is 21.0. The highest BCUT2D eigenvalue weighted by Gasteiger charge is 2.76. The summed E-state index contributed by atoms with van der Waals surface area (Å²) in [7, 11) is 1.72. The second-order valence-electron chi connectivity index (χ2n) is 10.1. The predicted octanol–water partition coefficient (Wildman–Crippen LogP) is 3.22. The second-order valence-corrected chi connectivity index (χ2v) is 12.0. The first-order valence-electron chi connectivity index (χ1n) is 12.3. The van der Waals surface area contributed by atoms with Crippen molar-refractivity contribution in [3.8, 4) is 0 Å². The molecule has 1 aromatic rings. The number of likely N-dealkylation sites (N-methyl/N-ethyl adjacent to an activating group) is 1. The fraction of sp³-hybridized carbons (Fsp3) is 0.519. The number of rotatable bonds is 9. The van der Waals surface area contributed by atoms with Crippen molar-refractivity contribution in [2.45, 2.75) is 42.3 Å². The van der Waals surface area contributed by atoms with Crippen molar-refractivity contribution in [3.05, 3.63) is 54.6 Å². The van der Waals surface area contributed by atoms with Gasteiger partial charge < -0.3 is 19.8 Å². The molecule has 3 aliphatic rings. The van der Waals surface area contributed by atoms with Crippen molar-refractivity contribution in [2.75, 3.05) is 31.6 Å². The van der Waals surface area contributed by atoms with Gasteiger partial charge in [0.15, 0.2) is 0 Å². The van der Waals surface area contributed by atoms with E-state index in [4.69, 9.17) is 11.6 Å². The molecule has 9 heteroatoms. The fourth-order valence-corrected chi connectivity index (χ4v) is 8.86. The highest BCUT2D eigenvalue weighted by atomic mass is 35.5.